The van der Waals surface area contributed by atoms with Crippen LogP contribution in [-0.4, -0.2) is 50.8 Å². The lowest BCUT2D eigenvalue weighted by Crippen LogP contribution is -2.44. The minimum absolute atomic E-state index is 0.169. The molecule has 1 unspecified atom stereocenters. The molecule has 0 bridgehead atoms. The van der Waals surface area contributed by atoms with E-state index in [0.717, 1.165) is 13.2 Å². The van der Waals surface area contributed by atoms with Crippen molar-refractivity contribution < 1.29 is 14.3 Å². The lowest BCUT2D eigenvalue weighted by molar-refractivity contribution is -0.143. The molecule has 0 saturated carbocycles. The maximum atomic E-state index is 10.9. The van der Waals surface area contributed by atoms with E-state index < -0.39 is 0 Å². The summed E-state index contributed by atoms with van der Waals surface area (Å²) < 4.78 is 9.83. The lowest BCUT2D eigenvalue weighted by Gasteiger charge is -2.31. The van der Waals surface area contributed by atoms with Crippen LogP contribution in [0.1, 0.15) is 65.2 Å². The molecule has 4 nitrogen and oxygen atoms in total. The number of hydrogen-bond acceptors (Lipinski definition) is 4. The summed E-state index contributed by atoms with van der Waals surface area (Å²) in [5.74, 6) is -0.169. The Hall–Kier alpha value is -0.610. The maximum absolute atomic E-state index is 10.9. The van der Waals surface area contributed by atoms with Crippen molar-refractivity contribution in [2.24, 2.45) is 0 Å². The third-order valence-electron chi connectivity index (χ3n) is 3.86. The number of unbranched alkanes of at least 4 members (excludes halogenated alkanes) is 6. The van der Waals surface area contributed by atoms with E-state index in [1.165, 1.54) is 52.1 Å². The molecule has 0 aromatic heterocycles. The number of hydrogen-bond donors (Lipinski definition) is 0. The van der Waals surface area contributed by atoms with E-state index in [-0.39, 0.29) is 12.0 Å². The molecule has 0 N–H and O–H groups in total. The van der Waals surface area contributed by atoms with Crippen molar-refractivity contribution in [1.82, 2.24) is 4.90 Å². The Bertz CT molecular complexity index is 240. The van der Waals surface area contributed by atoms with E-state index >= 15 is 0 Å². The average Bonchev–Trinajstić information content (AvgIpc) is 2.50. The van der Waals surface area contributed by atoms with E-state index in [1.54, 1.807) is 0 Å². The van der Waals surface area contributed by atoms with Gasteiger partial charge in [0.05, 0.1) is 26.7 Å². The van der Waals surface area contributed by atoms with Gasteiger partial charge in [-0.25, -0.2) is 0 Å². The van der Waals surface area contributed by atoms with Crippen LogP contribution in [-0.2, 0) is 14.3 Å². The fourth-order valence-electron chi connectivity index (χ4n) is 2.26. The highest BCUT2D eigenvalue weighted by atomic mass is 16.5. The summed E-state index contributed by atoms with van der Waals surface area (Å²) in [6.45, 7) is 6.81. The molecule has 0 radical (unpaired) electrons. The van der Waals surface area contributed by atoms with Gasteiger partial charge < -0.3 is 9.47 Å². The number of likely N-dealkylation sites (N-methyl/N-ethyl adjacent to an activating group) is 1. The standard InChI is InChI=1S/C9H20.C8H15NO3/c1-3-5-7-9-8-6-4-2;1-9-3-4-12-6-7(9)5-8(10)11-2/h3-9H2,1-2H3;7H,3-6H2,1-2H3. The molecule has 0 aromatic rings. The molecule has 1 rings (SSSR count). The smallest absolute Gasteiger partial charge is 0.307 e. The summed E-state index contributed by atoms with van der Waals surface area (Å²) in [6, 6.07) is 0.186. The first-order valence-electron chi connectivity index (χ1n) is 8.50. The minimum Gasteiger partial charge on any atom is -0.469 e. The van der Waals surface area contributed by atoms with E-state index in [0.29, 0.717) is 13.0 Å². The second kappa shape index (κ2) is 14.3. The van der Waals surface area contributed by atoms with E-state index in [2.05, 4.69) is 23.5 Å². The van der Waals surface area contributed by atoms with Gasteiger partial charge in [-0.2, -0.15) is 0 Å². The minimum atomic E-state index is -0.169. The number of carbonyl (C=O) groups excluding carboxylic acids is 1. The average molecular weight is 301 g/mol. The second-order valence-electron chi connectivity index (χ2n) is 5.76. The molecular formula is C17H35NO3. The van der Waals surface area contributed by atoms with Crippen LogP contribution >= 0.6 is 0 Å². The predicted molar refractivity (Wildman–Crippen MR) is 87.5 cm³/mol. The van der Waals surface area contributed by atoms with E-state index in [9.17, 15) is 4.79 Å². The monoisotopic (exact) mass is 301 g/mol. The zero-order valence-electron chi connectivity index (χ0n) is 14.5. The van der Waals surface area contributed by atoms with Crippen molar-refractivity contribution in [3.8, 4) is 0 Å². The Balaban J connectivity index is 0.000000400. The van der Waals surface area contributed by atoms with Crippen molar-refractivity contribution in [3.05, 3.63) is 0 Å². The van der Waals surface area contributed by atoms with Gasteiger partial charge in [0, 0.05) is 12.6 Å². The van der Waals surface area contributed by atoms with Crippen LogP contribution in [0.5, 0.6) is 0 Å². The summed E-state index contributed by atoms with van der Waals surface area (Å²) in [5, 5.41) is 0. The molecule has 0 amide bonds. The molecule has 1 heterocycles. The molecule has 1 aliphatic rings. The Labute approximate surface area is 131 Å². The first-order valence-corrected chi connectivity index (χ1v) is 8.50. The summed E-state index contributed by atoms with van der Waals surface area (Å²) in [7, 11) is 3.40. The van der Waals surface area contributed by atoms with Gasteiger partial charge in [-0.15, -0.1) is 0 Å². The molecular weight excluding hydrogens is 266 g/mol. The topological polar surface area (TPSA) is 38.8 Å². The number of carbonyl (C=O) groups is 1. The Kier molecular flexibility index (Phi) is 13.9. The van der Waals surface area contributed by atoms with Crippen molar-refractivity contribution in [3.63, 3.8) is 0 Å². The fourth-order valence-corrected chi connectivity index (χ4v) is 2.26. The van der Waals surface area contributed by atoms with Gasteiger partial charge in [0.1, 0.15) is 0 Å². The zero-order chi connectivity index (χ0) is 15.9. The molecule has 1 atom stereocenters. The number of morpholine rings is 1. The largest absolute Gasteiger partial charge is 0.469 e. The molecule has 1 fully saturated rings. The van der Waals surface area contributed by atoms with Crippen molar-refractivity contribution in [2.45, 2.75) is 71.3 Å². The second-order valence-corrected chi connectivity index (χ2v) is 5.76. The fraction of sp³-hybridized carbons (Fsp3) is 0.941. The summed E-state index contributed by atoms with van der Waals surface area (Å²) >= 11 is 0. The first-order chi connectivity index (χ1) is 10.2. The van der Waals surface area contributed by atoms with Gasteiger partial charge in [-0.3, -0.25) is 9.69 Å². The van der Waals surface area contributed by atoms with E-state index in [1.807, 2.05) is 7.05 Å². The van der Waals surface area contributed by atoms with Crippen LogP contribution in [0.3, 0.4) is 0 Å². The molecule has 1 saturated heterocycles. The normalized spacial score (nSPS) is 18.8. The van der Waals surface area contributed by atoms with E-state index in [4.69, 9.17) is 4.74 Å². The first kappa shape index (κ1) is 20.4. The highest BCUT2D eigenvalue weighted by Crippen LogP contribution is 2.08. The molecule has 0 spiro atoms. The van der Waals surface area contributed by atoms with Gasteiger partial charge in [0.15, 0.2) is 0 Å². The van der Waals surface area contributed by atoms with Gasteiger partial charge >= 0.3 is 5.97 Å². The number of rotatable bonds is 8. The van der Waals surface area contributed by atoms with Gasteiger partial charge in [0.25, 0.3) is 0 Å². The van der Waals surface area contributed by atoms with Crippen LogP contribution < -0.4 is 0 Å². The van der Waals surface area contributed by atoms with Gasteiger partial charge in [-0.05, 0) is 7.05 Å². The third-order valence-corrected chi connectivity index (χ3v) is 3.86. The van der Waals surface area contributed by atoms with Crippen molar-refractivity contribution >= 4 is 5.97 Å². The number of methoxy groups -OCH3 is 1. The Morgan fingerprint density at radius 1 is 1.14 bits per heavy atom. The number of esters is 1. The molecule has 1 aliphatic heterocycles. The summed E-state index contributed by atoms with van der Waals surface area (Å²) in [5.41, 5.74) is 0. The van der Waals surface area contributed by atoms with Gasteiger partial charge in [0.2, 0.25) is 0 Å². The molecule has 0 aromatic carbocycles. The predicted octanol–water partition coefficient (Wildman–Crippen LogP) is 3.64. The molecule has 0 aliphatic carbocycles. The van der Waals surface area contributed by atoms with Crippen LogP contribution in [0, 0.1) is 0 Å². The van der Waals surface area contributed by atoms with Gasteiger partial charge in [-0.1, -0.05) is 58.8 Å². The Morgan fingerprint density at radius 3 is 2.19 bits per heavy atom. The Morgan fingerprint density at radius 2 is 1.71 bits per heavy atom. The highest BCUT2D eigenvalue weighted by Gasteiger charge is 2.22. The summed E-state index contributed by atoms with van der Waals surface area (Å²) in [6.07, 6.45) is 10.4. The molecule has 21 heavy (non-hydrogen) atoms. The number of nitrogens with zero attached hydrogens (tertiary/aromatic N) is 1. The quantitative estimate of drug-likeness (QED) is 0.507. The maximum Gasteiger partial charge on any atom is 0.307 e. The zero-order valence-corrected chi connectivity index (χ0v) is 14.5. The third kappa shape index (κ3) is 11.7. The van der Waals surface area contributed by atoms with Crippen molar-refractivity contribution in [1.29, 1.82) is 0 Å². The SMILES string of the molecule is CCCCCCCCC.COC(=O)CC1COCCN1C. The number of ether oxygens (including phenoxy) is 2. The molecule has 4 heteroatoms. The lowest BCUT2D eigenvalue weighted by atomic mass is 10.1. The van der Waals surface area contributed by atoms with Crippen LogP contribution in [0.4, 0.5) is 0 Å². The molecule has 126 valence electrons. The summed E-state index contributed by atoms with van der Waals surface area (Å²) in [4.78, 5) is 13.0. The van der Waals surface area contributed by atoms with Crippen molar-refractivity contribution in [2.75, 3.05) is 33.9 Å². The van der Waals surface area contributed by atoms with Crippen LogP contribution in [0.25, 0.3) is 0 Å². The highest BCUT2D eigenvalue weighted by molar-refractivity contribution is 5.69. The van der Waals surface area contributed by atoms with Crippen LogP contribution in [0.15, 0.2) is 0 Å². The van der Waals surface area contributed by atoms with Crippen LogP contribution in [0.2, 0.25) is 0 Å².